The van der Waals surface area contributed by atoms with E-state index in [1.54, 1.807) is 6.92 Å². The molecular formula is C17H19F2N3O2. The lowest BCUT2D eigenvalue weighted by molar-refractivity contribution is -0.131. The molecule has 3 rings (SSSR count). The van der Waals surface area contributed by atoms with E-state index in [9.17, 15) is 13.6 Å². The van der Waals surface area contributed by atoms with Gasteiger partial charge in [0.1, 0.15) is 11.6 Å². The van der Waals surface area contributed by atoms with Crippen molar-refractivity contribution in [1.29, 1.82) is 0 Å². The van der Waals surface area contributed by atoms with E-state index >= 15 is 0 Å². The van der Waals surface area contributed by atoms with E-state index in [0.29, 0.717) is 24.8 Å². The normalized spacial score (nSPS) is 17.0. The number of halogens is 2. The summed E-state index contributed by atoms with van der Waals surface area (Å²) in [7, 11) is 0. The lowest BCUT2D eigenvalue weighted by Crippen LogP contribution is -2.35. The average molecular weight is 335 g/mol. The number of nitrogens with one attached hydrogen (secondary N) is 2. The number of aromatic nitrogens is 1. The lowest BCUT2D eigenvalue weighted by Gasteiger charge is -2.09. The van der Waals surface area contributed by atoms with Crippen LogP contribution in [0.2, 0.25) is 0 Å². The first-order valence-electron chi connectivity index (χ1n) is 7.95. The molecule has 7 heteroatoms. The molecule has 24 heavy (non-hydrogen) atoms. The number of benzene rings is 1. The van der Waals surface area contributed by atoms with Crippen LogP contribution in [-0.4, -0.2) is 29.3 Å². The van der Waals surface area contributed by atoms with Crippen LogP contribution < -0.4 is 5.32 Å². The van der Waals surface area contributed by atoms with Gasteiger partial charge in [-0.1, -0.05) is 12.1 Å². The summed E-state index contributed by atoms with van der Waals surface area (Å²) in [6.45, 7) is 4.11. The van der Waals surface area contributed by atoms with Gasteiger partial charge in [0, 0.05) is 30.1 Å². The number of carbonyl (C=O) groups excluding carboxylic acids is 1. The minimum absolute atomic E-state index is 0.225. The van der Waals surface area contributed by atoms with Crippen molar-refractivity contribution in [1.82, 2.24) is 10.3 Å². The zero-order valence-corrected chi connectivity index (χ0v) is 13.6. The number of oxime groups is 1. The maximum atomic E-state index is 13.8. The van der Waals surface area contributed by atoms with Gasteiger partial charge >= 0.3 is 0 Å². The van der Waals surface area contributed by atoms with Crippen LogP contribution in [0.4, 0.5) is 8.78 Å². The minimum Gasteiger partial charge on any atom is -0.382 e. The number of nitrogens with zero attached hydrogens (tertiary/aromatic N) is 1. The quantitative estimate of drug-likeness (QED) is 0.882. The highest BCUT2D eigenvalue weighted by Gasteiger charge is 2.26. The molecule has 0 aliphatic carbocycles. The van der Waals surface area contributed by atoms with Crippen LogP contribution in [-0.2, 0) is 16.1 Å². The van der Waals surface area contributed by atoms with E-state index in [-0.39, 0.29) is 11.4 Å². The molecular weight excluding hydrogens is 316 g/mol. The van der Waals surface area contributed by atoms with Crippen molar-refractivity contribution in [2.24, 2.45) is 5.16 Å². The van der Waals surface area contributed by atoms with Crippen molar-refractivity contribution in [3.63, 3.8) is 0 Å². The highest BCUT2D eigenvalue weighted by molar-refractivity contribution is 5.92. The van der Waals surface area contributed by atoms with Gasteiger partial charge in [0.15, 0.2) is 0 Å². The Kier molecular flexibility index (Phi) is 4.51. The number of amides is 1. The van der Waals surface area contributed by atoms with E-state index < -0.39 is 17.7 Å². The first-order chi connectivity index (χ1) is 11.5. The number of aryl methyl sites for hydroxylation is 1. The summed E-state index contributed by atoms with van der Waals surface area (Å²) in [4.78, 5) is 20.1. The standard InChI is InChI=1S/C17H19F2N3O2/c1-3-11-8-15(24-22-11)17(23)20-5-4-12-9(2)21-16-13(12)6-10(18)7-14(16)19/h6-7,15,21H,3-5,8H2,1-2H3,(H,20,23)/t15-/m0/s1. The SMILES string of the molecule is CCC1=NO[C@H](C(=O)NCCc2c(C)[nH]c3c(F)cc(F)cc23)C1. The highest BCUT2D eigenvalue weighted by atomic mass is 19.1. The molecule has 0 unspecified atom stereocenters. The summed E-state index contributed by atoms with van der Waals surface area (Å²) in [5, 5.41) is 7.15. The van der Waals surface area contributed by atoms with Gasteiger partial charge < -0.3 is 15.1 Å². The van der Waals surface area contributed by atoms with Crippen LogP contribution in [0.5, 0.6) is 0 Å². The maximum absolute atomic E-state index is 13.8. The molecule has 2 N–H and O–H groups in total. The largest absolute Gasteiger partial charge is 0.382 e. The third kappa shape index (κ3) is 3.11. The predicted molar refractivity (Wildman–Crippen MR) is 86.9 cm³/mol. The summed E-state index contributed by atoms with van der Waals surface area (Å²) in [6, 6.07) is 2.16. The summed E-state index contributed by atoms with van der Waals surface area (Å²) in [5.41, 5.74) is 2.71. The number of fused-ring (bicyclic) bond motifs is 1. The number of hydrogen-bond donors (Lipinski definition) is 2. The first-order valence-corrected chi connectivity index (χ1v) is 7.95. The molecule has 1 aromatic heterocycles. The first kappa shape index (κ1) is 16.4. The fourth-order valence-corrected chi connectivity index (χ4v) is 2.93. The number of H-pyrrole nitrogens is 1. The molecule has 1 atom stereocenters. The predicted octanol–water partition coefficient (Wildman–Crippen LogP) is 2.97. The van der Waals surface area contributed by atoms with Crippen molar-refractivity contribution >= 4 is 22.5 Å². The van der Waals surface area contributed by atoms with Crippen molar-refractivity contribution in [3.8, 4) is 0 Å². The number of carbonyl (C=O) groups is 1. The maximum Gasteiger partial charge on any atom is 0.264 e. The molecule has 0 spiro atoms. The Hall–Kier alpha value is -2.44. The molecule has 1 aliphatic rings. The van der Waals surface area contributed by atoms with E-state index in [4.69, 9.17) is 4.84 Å². The molecule has 0 radical (unpaired) electrons. The second-order valence-electron chi connectivity index (χ2n) is 5.89. The molecule has 0 saturated carbocycles. The molecule has 0 bridgehead atoms. The zero-order chi connectivity index (χ0) is 17.3. The smallest absolute Gasteiger partial charge is 0.264 e. The Morgan fingerprint density at radius 2 is 2.25 bits per heavy atom. The topological polar surface area (TPSA) is 66.5 Å². The van der Waals surface area contributed by atoms with Gasteiger partial charge in [0.2, 0.25) is 6.10 Å². The molecule has 1 amide bonds. The third-order valence-electron chi connectivity index (χ3n) is 4.25. The van der Waals surface area contributed by atoms with Crippen LogP contribution in [0.25, 0.3) is 10.9 Å². The molecule has 2 aromatic rings. The van der Waals surface area contributed by atoms with Crippen molar-refractivity contribution in [2.45, 2.75) is 39.2 Å². The van der Waals surface area contributed by atoms with Gasteiger partial charge in [0.25, 0.3) is 5.91 Å². The van der Waals surface area contributed by atoms with E-state index in [0.717, 1.165) is 29.5 Å². The van der Waals surface area contributed by atoms with Gasteiger partial charge in [-0.25, -0.2) is 8.78 Å². The second-order valence-corrected chi connectivity index (χ2v) is 5.89. The third-order valence-corrected chi connectivity index (χ3v) is 4.25. The second kappa shape index (κ2) is 6.59. The van der Waals surface area contributed by atoms with E-state index in [2.05, 4.69) is 15.5 Å². The van der Waals surface area contributed by atoms with Crippen LogP contribution in [0, 0.1) is 18.6 Å². The van der Waals surface area contributed by atoms with E-state index in [1.165, 1.54) is 6.07 Å². The lowest BCUT2D eigenvalue weighted by atomic mass is 10.1. The van der Waals surface area contributed by atoms with Gasteiger partial charge in [-0.3, -0.25) is 4.79 Å². The van der Waals surface area contributed by atoms with Crippen LogP contribution in [0.15, 0.2) is 17.3 Å². The van der Waals surface area contributed by atoms with Crippen molar-refractivity contribution in [3.05, 3.63) is 35.0 Å². The molecule has 1 aromatic carbocycles. The molecule has 128 valence electrons. The monoisotopic (exact) mass is 335 g/mol. The Morgan fingerprint density at radius 3 is 2.96 bits per heavy atom. The van der Waals surface area contributed by atoms with Gasteiger partial charge in [-0.2, -0.15) is 0 Å². The van der Waals surface area contributed by atoms with Gasteiger partial charge in [0.05, 0.1) is 11.2 Å². The van der Waals surface area contributed by atoms with Crippen LogP contribution in [0.1, 0.15) is 31.0 Å². The van der Waals surface area contributed by atoms with Crippen molar-refractivity contribution < 1.29 is 18.4 Å². The molecule has 2 heterocycles. The van der Waals surface area contributed by atoms with Gasteiger partial charge in [-0.15, -0.1) is 0 Å². The number of aromatic amines is 1. The Bertz CT molecular complexity index is 814. The summed E-state index contributed by atoms with van der Waals surface area (Å²) in [6.07, 6.45) is 1.15. The Morgan fingerprint density at radius 1 is 1.46 bits per heavy atom. The van der Waals surface area contributed by atoms with Crippen LogP contribution >= 0.6 is 0 Å². The summed E-state index contributed by atoms with van der Waals surface area (Å²) < 4.78 is 27.3. The molecule has 0 saturated heterocycles. The van der Waals surface area contributed by atoms with Crippen molar-refractivity contribution in [2.75, 3.05) is 6.54 Å². The Labute approximate surface area is 138 Å². The Balaban J connectivity index is 1.64. The zero-order valence-electron chi connectivity index (χ0n) is 13.6. The number of rotatable bonds is 5. The highest BCUT2D eigenvalue weighted by Crippen LogP contribution is 2.26. The van der Waals surface area contributed by atoms with E-state index in [1.807, 2.05) is 6.92 Å². The van der Waals surface area contributed by atoms with Crippen LogP contribution in [0.3, 0.4) is 0 Å². The fourth-order valence-electron chi connectivity index (χ4n) is 2.93. The fraction of sp³-hybridized carbons (Fsp3) is 0.412. The average Bonchev–Trinajstić information content (AvgIpc) is 3.13. The molecule has 0 fully saturated rings. The minimum atomic E-state index is -0.619. The molecule has 1 aliphatic heterocycles. The van der Waals surface area contributed by atoms with Gasteiger partial charge in [-0.05, 0) is 31.4 Å². The number of hydrogen-bond acceptors (Lipinski definition) is 3. The molecule has 5 nitrogen and oxygen atoms in total. The summed E-state index contributed by atoms with van der Waals surface area (Å²) >= 11 is 0. The summed E-state index contributed by atoms with van der Waals surface area (Å²) in [5.74, 6) is -1.46.